The van der Waals surface area contributed by atoms with Crippen LogP contribution < -0.4 is 16.4 Å². The summed E-state index contributed by atoms with van der Waals surface area (Å²) < 4.78 is 0. The minimum atomic E-state index is -0.278. The van der Waals surface area contributed by atoms with Gasteiger partial charge in [0.1, 0.15) is 10.6 Å². The second kappa shape index (κ2) is 6.51. The summed E-state index contributed by atoms with van der Waals surface area (Å²) in [6.07, 6.45) is 2.06. The van der Waals surface area contributed by atoms with Crippen molar-refractivity contribution >= 4 is 39.2 Å². The molecule has 0 aliphatic carbocycles. The van der Waals surface area contributed by atoms with Gasteiger partial charge >= 0.3 is 0 Å². The number of amides is 1. The van der Waals surface area contributed by atoms with E-state index in [2.05, 4.69) is 33.6 Å². The fourth-order valence-electron chi connectivity index (χ4n) is 1.86. The van der Waals surface area contributed by atoms with Crippen LogP contribution in [-0.4, -0.2) is 29.5 Å². The van der Waals surface area contributed by atoms with Crippen LogP contribution in [0.25, 0.3) is 10.2 Å². The van der Waals surface area contributed by atoms with Gasteiger partial charge in [-0.15, -0.1) is 11.3 Å². The largest absolute Gasteiger partial charge is 0.370 e. The van der Waals surface area contributed by atoms with Gasteiger partial charge in [0.2, 0.25) is 11.9 Å². The molecule has 4 N–H and O–H groups in total. The van der Waals surface area contributed by atoms with E-state index in [1.54, 1.807) is 18.4 Å². The Balaban J connectivity index is 2.20. The fourth-order valence-corrected chi connectivity index (χ4v) is 2.83. The molecule has 0 unspecified atom stereocenters. The van der Waals surface area contributed by atoms with Gasteiger partial charge in [0.25, 0.3) is 0 Å². The molecule has 0 atom stereocenters. The standard InChI is InChI=1S/C13H19N5OS/c1-3-8-7-9-11(16-6-4-5-10(14)19)17-13(15-2)18-12(9)20-8/h7H,3-6H2,1-2H3,(H2,14,19)(H2,15,16,17,18). The van der Waals surface area contributed by atoms with Gasteiger partial charge in [0.05, 0.1) is 5.39 Å². The molecule has 2 rings (SSSR count). The van der Waals surface area contributed by atoms with E-state index in [9.17, 15) is 4.79 Å². The van der Waals surface area contributed by atoms with Gasteiger partial charge in [-0.3, -0.25) is 4.79 Å². The quantitative estimate of drug-likeness (QED) is 0.679. The number of hydrogen-bond acceptors (Lipinski definition) is 6. The van der Waals surface area contributed by atoms with Gasteiger partial charge < -0.3 is 16.4 Å². The van der Waals surface area contributed by atoms with E-state index in [1.165, 1.54) is 4.88 Å². The van der Waals surface area contributed by atoms with Crippen molar-refractivity contribution in [2.45, 2.75) is 26.2 Å². The summed E-state index contributed by atoms with van der Waals surface area (Å²) in [5, 5.41) is 7.26. The lowest BCUT2D eigenvalue weighted by Crippen LogP contribution is -2.13. The summed E-state index contributed by atoms with van der Waals surface area (Å²) in [5.41, 5.74) is 5.13. The van der Waals surface area contributed by atoms with Crippen molar-refractivity contribution in [1.29, 1.82) is 0 Å². The van der Waals surface area contributed by atoms with Crippen LogP contribution in [0.2, 0.25) is 0 Å². The highest BCUT2D eigenvalue weighted by atomic mass is 32.1. The first-order valence-electron chi connectivity index (χ1n) is 6.64. The first-order valence-corrected chi connectivity index (χ1v) is 7.46. The number of nitrogens with one attached hydrogen (secondary N) is 2. The number of primary amides is 1. The number of carbonyl (C=O) groups excluding carboxylic acids is 1. The van der Waals surface area contributed by atoms with Crippen LogP contribution in [0.5, 0.6) is 0 Å². The minimum Gasteiger partial charge on any atom is -0.370 e. The second-order valence-electron chi connectivity index (χ2n) is 4.43. The van der Waals surface area contributed by atoms with E-state index in [1.807, 2.05) is 0 Å². The summed E-state index contributed by atoms with van der Waals surface area (Å²) >= 11 is 1.68. The van der Waals surface area contributed by atoms with Crippen molar-refractivity contribution in [3.05, 3.63) is 10.9 Å². The molecule has 6 nitrogen and oxygen atoms in total. The Morgan fingerprint density at radius 1 is 1.45 bits per heavy atom. The topological polar surface area (TPSA) is 92.9 Å². The maximum absolute atomic E-state index is 10.7. The predicted octanol–water partition coefficient (Wildman–Crippen LogP) is 1.97. The van der Waals surface area contributed by atoms with Gasteiger partial charge in [0, 0.05) is 24.9 Å². The highest BCUT2D eigenvalue weighted by molar-refractivity contribution is 7.18. The third-order valence-corrected chi connectivity index (χ3v) is 4.08. The molecule has 2 aromatic heterocycles. The highest BCUT2D eigenvalue weighted by Gasteiger charge is 2.10. The number of nitrogens with two attached hydrogens (primary N) is 1. The zero-order valence-corrected chi connectivity index (χ0v) is 12.5. The molecule has 0 radical (unpaired) electrons. The second-order valence-corrected chi connectivity index (χ2v) is 5.54. The number of thiophene rings is 1. The van der Waals surface area contributed by atoms with Crippen LogP contribution in [-0.2, 0) is 11.2 Å². The highest BCUT2D eigenvalue weighted by Crippen LogP contribution is 2.30. The van der Waals surface area contributed by atoms with Crippen LogP contribution in [0.4, 0.5) is 11.8 Å². The number of aryl methyl sites for hydroxylation is 1. The maximum atomic E-state index is 10.7. The summed E-state index contributed by atoms with van der Waals surface area (Å²) in [4.78, 5) is 21.9. The number of carbonyl (C=O) groups is 1. The molecule has 0 aromatic carbocycles. The maximum Gasteiger partial charge on any atom is 0.225 e. The molecular formula is C13H19N5OS. The minimum absolute atomic E-state index is 0.278. The smallest absolute Gasteiger partial charge is 0.225 e. The van der Waals surface area contributed by atoms with Crippen LogP contribution in [0.1, 0.15) is 24.6 Å². The average Bonchev–Trinajstić information content (AvgIpc) is 2.86. The number of anilines is 2. The van der Waals surface area contributed by atoms with E-state index in [4.69, 9.17) is 5.73 Å². The lowest BCUT2D eigenvalue weighted by Gasteiger charge is -2.07. The Kier molecular flexibility index (Phi) is 4.73. The number of aromatic nitrogens is 2. The van der Waals surface area contributed by atoms with Gasteiger partial charge in [-0.2, -0.15) is 4.98 Å². The molecule has 2 heterocycles. The first-order chi connectivity index (χ1) is 9.63. The summed E-state index contributed by atoms with van der Waals surface area (Å²) in [6.45, 7) is 2.78. The number of fused-ring (bicyclic) bond motifs is 1. The predicted molar refractivity (Wildman–Crippen MR) is 83.3 cm³/mol. The molecule has 0 aliphatic heterocycles. The van der Waals surface area contributed by atoms with Crippen molar-refractivity contribution < 1.29 is 4.79 Å². The molecule has 7 heteroatoms. The lowest BCUT2D eigenvalue weighted by atomic mass is 10.3. The van der Waals surface area contributed by atoms with E-state index < -0.39 is 0 Å². The van der Waals surface area contributed by atoms with Crippen molar-refractivity contribution in [1.82, 2.24) is 9.97 Å². The van der Waals surface area contributed by atoms with Crippen molar-refractivity contribution in [2.75, 3.05) is 24.2 Å². The van der Waals surface area contributed by atoms with Gasteiger partial charge in [-0.25, -0.2) is 4.98 Å². The van der Waals surface area contributed by atoms with Crippen LogP contribution in [0.3, 0.4) is 0 Å². The molecule has 0 bridgehead atoms. The van der Waals surface area contributed by atoms with E-state index >= 15 is 0 Å². The van der Waals surface area contributed by atoms with E-state index in [0.29, 0.717) is 25.3 Å². The summed E-state index contributed by atoms with van der Waals surface area (Å²) in [7, 11) is 1.80. The monoisotopic (exact) mass is 293 g/mol. The van der Waals surface area contributed by atoms with Gasteiger partial charge in [-0.05, 0) is 18.9 Å². The zero-order chi connectivity index (χ0) is 14.5. The van der Waals surface area contributed by atoms with Crippen LogP contribution in [0, 0.1) is 0 Å². The van der Waals surface area contributed by atoms with Crippen molar-refractivity contribution in [3.8, 4) is 0 Å². The first kappa shape index (κ1) is 14.5. The SMILES string of the molecule is CCc1cc2c(NCCCC(N)=O)nc(NC)nc2s1. The third kappa shape index (κ3) is 3.36. The molecule has 108 valence electrons. The Hall–Kier alpha value is -1.89. The lowest BCUT2D eigenvalue weighted by molar-refractivity contribution is -0.118. The summed E-state index contributed by atoms with van der Waals surface area (Å²) in [5.74, 6) is 1.12. The number of hydrogen-bond donors (Lipinski definition) is 3. The number of rotatable bonds is 7. The van der Waals surface area contributed by atoms with E-state index in [-0.39, 0.29) is 5.91 Å². The van der Waals surface area contributed by atoms with Gasteiger partial charge in [-0.1, -0.05) is 6.92 Å². The molecule has 0 fully saturated rings. The molecule has 0 spiro atoms. The van der Waals surface area contributed by atoms with E-state index in [0.717, 1.165) is 22.5 Å². The summed E-state index contributed by atoms with van der Waals surface area (Å²) in [6, 6.07) is 2.12. The molecule has 20 heavy (non-hydrogen) atoms. The Labute approximate surface area is 121 Å². The molecule has 0 aliphatic rings. The molecular weight excluding hydrogens is 274 g/mol. The van der Waals surface area contributed by atoms with Gasteiger partial charge in [0.15, 0.2) is 0 Å². The molecule has 0 saturated carbocycles. The molecule has 0 saturated heterocycles. The normalized spacial score (nSPS) is 10.7. The molecule has 1 amide bonds. The molecule has 2 aromatic rings. The van der Waals surface area contributed by atoms with Crippen molar-refractivity contribution in [2.24, 2.45) is 5.73 Å². The Morgan fingerprint density at radius 3 is 2.90 bits per heavy atom. The van der Waals surface area contributed by atoms with Crippen LogP contribution >= 0.6 is 11.3 Å². The third-order valence-electron chi connectivity index (χ3n) is 2.91. The Morgan fingerprint density at radius 2 is 2.25 bits per heavy atom. The number of nitrogens with zero attached hydrogens (tertiary/aromatic N) is 2. The zero-order valence-electron chi connectivity index (χ0n) is 11.7. The average molecular weight is 293 g/mol. The Bertz CT molecular complexity index is 610. The fraction of sp³-hybridized carbons (Fsp3) is 0.462. The van der Waals surface area contributed by atoms with Crippen LogP contribution in [0.15, 0.2) is 6.07 Å². The van der Waals surface area contributed by atoms with Crippen molar-refractivity contribution in [3.63, 3.8) is 0 Å².